The molecule has 2 aromatic carbocycles. The number of carbonyl (C=O) groups is 1. The molecule has 0 saturated carbocycles. The monoisotopic (exact) mass is 550 g/mol. The predicted molar refractivity (Wildman–Crippen MR) is 132 cm³/mol. The number of sulfonamides is 1. The van der Waals surface area contributed by atoms with Gasteiger partial charge in [0.25, 0.3) is 15.9 Å². The molecule has 9 nitrogen and oxygen atoms in total. The molecule has 38 heavy (non-hydrogen) atoms. The number of pyridine rings is 1. The van der Waals surface area contributed by atoms with Gasteiger partial charge in [0.2, 0.25) is 0 Å². The first-order valence-electron chi connectivity index (χ1n) is 12.0. The van der Waals surface area contributed by atoms with Crippen LogP contribution < -0.4 is 9.46 Å². The van der Waals surface area contributed by atoms with E-state index >= 15 is 0 Å². The van der Waals surface area contributed by atoms with Gasteiger partial charge < -0.3 is 14.4 Å². The van der Waals surface area contributed by atoms with Crippen molar-refractivity contribution in [3.05, 3.63) is 60.3 Å². The lowest BCUT2D eigenvalue weighted by atomic mass is 10.1. The Hall–Kier alpha value is -3.42. The van der Waals surface area contributed by atoms with E-state index in [1.54, 1.807) is 23.1 Å². The number of ether oxygens (including phenoxy) is 2. The number of carbonyl (C=O) groups excluding carboxylic acids is 1. The van der Waals surface area contributed by atoms with Crippen LogP contribution >= 0.6 is 0 Å². The number of benzene rings is 2. The summed E-state index contributed by atoms with van der Waals surface area (Å²) in [6.07, 6.45) is -2.77. The summed E-state index contributed by atoms with van der Waals surface area (Å²) in [5.74, 6) is -1.30. The number of anilines is 1. The fourth-order valence-electron chi connectivity index (χ4n) is 4.72. The second-order valence-electron chi connectivity index (χ2n) is 9.04. The summed E-state index contributed by atoms with van der Waals surface area (Å²) in [6, 6.07) is 11.4. The van der Waals surface area contributed by atoms with Crippen molar-refractivity contribution in [1.29, 1.82) is 0 Å². The molecule has 202 valence electrons. The molecule has 1 N–H and O–H groups in total. The van der Waals surface area contributed by atoms with E-state index in [0.29, 0.717) is 50.8 Å². The summed E-state index contributed by atoms with van der Waals surface area (Å²) >= 11 is 0. The fraction of sp³-hybridized carbons (Fsp3) is 0.360. The fourth-order valence-corrected chi connectivity index (χ4v) is 5.98. The summed E-state index contributed by atoms with van der Waals surface area (Å²) in [5, 5.41) is 0.545. The molecular weight excluding hydrogens is 525 g/mol. The van der Waals surface area contributed by atoms with Gasteiger partial charge in [-0.1, -0.05) is 18.2 Å². The molecule has 1 aromatic heterocycles. The molecule has 0 aliphatic carbocycles. The van der Waals surface area contributed by atoms with Gasteiger partial charge in [0.15, 0.2) is 5.75 Å². The molecule has 0 spiro atoms. The molecule has 2 saturated heterocycles. The van der Waals surface area contributed by atoms with Crippen LogP contribution in [0.2, 0.25) is 0 Å². The normalized spacial score (nSPS) is 19.0. The van der Waals surface area contributed by atoms with Gasteiger partial charge in [-0.15, -0.1) is 13.2 Å². The molecule has 0 bridgehead atoms. The van der Waals surface area contributed by atoms with Gasteiger partial charge >= 0.3 is 6.36 Å². The molecule has 13 heteroatoms. The summed E-state index contributed by atoms with van der Waals surface area (Å²) in [4.78, 5) is 20.8. The number of hydrogen-bond acceptors (Lipinski definition) is 7. The Morgan fingerprint density at radius 1 is 1.08 bits per heavy atom. The molecule has 2 fully saturated rings. The third-order valence-electron chi connectivity index (χ3n) is 6.61. The van der Waals surface area contributed by atoms with Gasteiger partial charge in [0.05, 0.1) is 17.8 Å². The van der Waals surface area contributed by atoms with Crippen LogP contribution in [0.4, 0.5) is 18.9 Å². The number of halogens is 3. The lowest BCUT2D eigenvalue weighted by Gasteiger charge is -2.37. The average molecular weight is 551 g/mol. The number of fused-ring (bicyclic) bond motifs is 1. The van der Waals surface area contributed by atoms with Crippen molar-refractivity contribution in [2.45, 2.75) is 23.7 Å². The first-order chi connectivity index (χ1) is 18.1. The van der Waals surface area contributed by atoms with Gasteiger partial charge in [-0.05, 0) is 36.8 Å². The van der Waals surface area contributed by atoms with Crippen molar-refractivity contribution in [2.24, 2.45) is 0 Å². The Morgan fingerprint density at radius 2 is 1.84 bits per heavy atom. The van der Waals surface area contributed by atoms with Crippen LogP contribution in [0.1, 0.15) is 16.8 Å². The smallest absolute Gasteiger partial charge is 0.404 e. The maximum Gasteiger partial charge on any atom is 0.573 e. The zero-order chi connectivity index (χ0) is 26.9. The highest BCUT2D eigenvalue weighted by Crippen LogP contribution is 2.34. The lowest BCUT2D eigenvalue weighted by Crippen LogP contribution is -2.52. The second kappa shape index (κ2) is 10.4. The van der Waals surface area contributed by atoms with Crippen LogP contribution in [0.5, 0.6) is 5.75 Å². The largest absolute Gasteiger partial charge is 0.573 e. The Balaban J connectivity index is 1.39. The van der Waals surface area contributed by atoms with Crippen LogP contribution in [0.25, 0.3) is 10.9 Å². The van der Waals surface area contributed by atoms with Crippen LogP contribution in [-0.4, -0.2) is 80.9 Å². The Kier molecular flexibility index (Phi) is 7.16. The Bertz CT molecular complexity index is 1430. The minimum atomic E-state index is -5.11. The predicted octanol–water partition coefficient (Wildman–Crippen LogP) is 3.48. The van der Waals surface area contributed by atoms with E-state index in [4.69, 9.17) is 4.74 Å². The van der Waals surface area contributed by atoms with E-state index in [9.17, 15) is 26.4 Å². The molecule has 2 aliphatic rings. The van der Waals surface area contributed by atoms with Crippen LogP contribution in [0.3, 0.4) is 0 Å². The number of alkyl halides is 3. The third-order valence-corrected chi connectivity index (χ3v) is 8.00. The topological polar surface area (TPSA) is 101 Å². The lowest BCUT2D eigenvalue weighted by molar-refractivity contribution is -0.274. The van der Waals surface area contributed by atoms with Crippen LogP contribution in [-0.2, 0) is 14.8 Å². The van der Waals surface area contributed by atoms with Crippen molar-refractivity contribution in [2.75, 3.05) is 44.1 Å². The molecule has 1 atom stereocenters. The highest BCUT2D eigenvalue weighted by atomic mass is 32.2. The number of amides is 1. The van der Waals surface area contributed by atoms with E-state index in [1.807, 2.05) is 0 Å². The number of para-hydroxylation sites is 1. The van der Waals surface area contributed by atoms with Crippen LogP contribution in [0.15, 0.2) is 59.6 Å². The number of aromatic nitrogens is 1. The zero-order valence-electron chi connectivity index (χ0n) is 20.1. The van der Waals surface area contributed by atoms with E-state index in [0.717, 1.165) is 18.6 Å². The molecule has 0 radical (unpaired) electrons. The molecule has 3 heterocycles. The first-order valence-corrected chi connectivity index (χ1v) is 13.5. The maximum atomic E-state index is 13.2. The number of nitrogens with zero attached hydrogens (tertiary/aromatic N) is 3. The minimum absolute atomic E-state index is 0.0447. The SMILES string of the molecule is O=C(c1ccc(NS(=O)(=O)c2cccc3cccnc23)c(OC(F)(F)F)c1)N1CCN([C@@H]2CCOC2)CC1. The van der Waals surface area contributed by atoms with Crippen molar-refractivity contribution >= 4 is 32.5 Å². The molecule has 5 rings (SSSR count). The van der Waals surface area contributed by atoms with Gasteiger partial charge in [0.1, 0.15) is 4.90 Å². The number of rotatable bonds is 6. The minimum Gasteiger partial charge on any atom is -0.404 e. The van der Waals surface area contributed by atoms with Crippen molar-refractivity contribution in [3.63, 3.8) is 0 Å². The number of nitrogens with one attached hydrogen (secondary N) is 1. The maximum absolute atomic E-state index is 13.2. The quantitative estimate of drug-likeness (QED) is 0.502. The highest BCUT2D eigenvalue weighted by Gasteiger charge is 2.34. The van der Waals surface area contributed by atoms with Crippen molar-refractivity contribution in [1.82, 2.24) is 14.8 Å². The van der Waals surface area contributed by atoms with Crippen molar-refractivity contribution < 1.29 is 35.9 Å². The standard InChI is InChI=1S/C25H25F3N4O5S/c26-25(27,28)37-21-15-18(24(33)32-12-10-31(11-13-32)19-8-14-36-16-19)6-7-20(21)30-38(34,35)22-5-1-3-17-4-2-9-29-23(17)22/h1-7,9,15,19,30H,8,10-14,16H2/t19-/m1/s1. The zero-order valence-corrected chi connectivity index (χ0v) is 21.0. The van der Waals surface area contributed by atoms with Gasteiger partial charge in [0, 0.05) is 56.0 Å². The van der Waals surface area contributed by atoms with Crippen molar-refractivity contribution in [3.8, 4) is 5.75 Å². The average Bonchev–Trinajstić information content (AvgIpc) is 3.43. The van der Waals surface area contributed by atoms with E-state index in [1.165, 1.54) is 24.4 Å². The van der Waals surface area contributed by atoms with Gasteiger partial charge in [-0.2, -0.15) is 0 Å². The summed E-state index contributed by atoms with van der Waals surface area (Å²) in [5.41, 5.74) is -0.342. The first kappa shape index (κ1) is 26.2. The molecule has 0 unspecified atom stereocenters. The van der Waals surface area contributed by atoms with Gasteiger partial charge in [-0.25, -0.2) is 8.42 Å². The van der Waals surface area contributed by atoms with Gasteiger partial charge in [-0.3, -0.25) is 19.4 Å². The molecule has 2 aliphatic heterocycles. The van der Waals surface area contributed by atoms with E-state index in [2.05, 4.69) is 19.3 Å². The van der Waals surface area contributed by atoms with Crippen LogP contribution in [0, 0.1) is 0 Å². The Labute approximate surface area is 217 Å². The third kappa shape index (κ3) is 5.69. The molecular formula is C25H25F3N4O5S. The summed E-state index contributed by atoms with van der Waals surface area (Å²) in [6.45, 7) is 3.43. The number of hydrogen-bond donors (Lipinski definition) is 1. The molecule has 1 amide bonds. The Morgan fingerprint density at radius 3 is 2.55 bits per heavy atom. The van der Waals surface area contributed by atoms with E-state index in [-0.39, 0.29) is 16.0 Å². The second-order valence-corrected chi connectivity index (χ2v) is 10.7. The number of piperazine rings is 1. The summed E-state index contributed by atoms with van der Waals surface area (Å²) in [7, 11) is -4.36. The molecule has 3 aromatic rings. The van der Waals surface area contributed by atoms with E-state index < -0.39 is 33.7 Å². The summed E-state index contributed by atoms with van der Waals surface area (Å²) < 4.78 is 77.8. The highest BCUT2D eigenvalue weighted by molar-refractivity contribution is 7.93.